The van der Waals surface area contributed by atoms with E-state index >= 15 is 0 Å². The maximum Gasteiger partial charge on any atom is 0.415 e. The topological polar surface area (TPSA) is 85.7 Å². The number of carbonyl (C=O) groups excluding carboxylic acids is 2. The monoisotopic (exact) mass is 370 g/mol. The Labute approximate surface area is 156 Å². The van der Waals surface area contributed by atoms with Gasteiger partial charge in [-0.1, -0.05) is 6.08 Å². The van der Waals surface area contributed by atoms with Crippen molar-refractivity contribution in [1.82, 2.24) is 10.2 Å². The van der Waals surface area contributed by atoms with Gasteiger partial charge in [0.15, 0.2) is 6.19 Å². The van der Waals surface area contributed by atoms with Gasteiger partial charge in [-0.15, -0.1) is 0 Å². The average molecular weight is 370 g/mol. The predicted molar refractivity (Wildman–Crippen MR) is 95.1 cm³/mol. The first-order chi connectivity index (χ1) is 13.0. The number of nitrogens with zero attached hydrogens (tertiary/aromatic N) is 3. The lowest BCUT2D eigenvalue weighted by molar-refractivity contribution is -0.119. The molecule has 1 N–H and O–H groups in total. The highest BCUT2D eigenvalue weighted by Crippen LogP contribution is 2.41. The molecule has 1 fully saturated rings. The minimum atomic E-state index is -0.511. The molecule has 1 unspecified atom stereocenters. The van der Waals surface area contributed by atoms with Gasteiger partial charge in [-0.2, -0.15) is 5.26 Å². The number of hydrogen-bond donors (Lipinski definition) is 1. The van der Waals surface area contributed by atoms with Gasteiger partial charge >= 0.3 is 6.09 Å². The van der Waals surface area contributed by atoms with E-state index in [1.807, 2.05) is 6.08 Å². The van der Waals surface area contributed by atoms with Gasteiger partial charge < -0.3 is 15.0 Å². The van der Waals surface area contributed by atoms with Crippen LogP contribution in [0.4, 0.5) is 14.9 Å². The van der Waals surface area contributed by atoms with Crippen molar-refractivity contribution in [3.8, 4) is 6.19 Å². The second-order valence-electron chi connectivity index (χ2n) is 6.99. The summed E-state index contributed by atoms with van der Waals surface area (Å²) in [6.45, 7) is 2.69. The van der Waals surface area contributed by atoms with Crippen molar-refractivity contribution in [1.29, 1.82) is 5.26 Å². The van der Waals surface area contributed by atoms with Crippen molar-refractivity contribution in [3.05, 3.63) is 35.2 Å². The largest absolute Gasteiger partial charge is 0.442 e. The summed E-state index contributed by atoms with van der Waals surface area (Å²) in [5.41, 5.74) is 2.83. The Morgan fingerprint density at radius 2 is 2.30 bits per heavy atom. The molecule has 7 nitrogen and oxygen atoms in total. The third-order valence-electron chi connectivity index (χ3n) is 5.32. The van der Waals surface area contributed by atoms with Gasteiger partial charge in [0.1, 0.15) is 11.9 Å². The molecular formula is C19H19FN4O3. The van der Waals surface area contributed by atoms with Crippen LogP contribution in [0.25, 0.3) is 5.57 Å². The molecule has 0 radical (unpaired) electrons. The minimum Gasteiger partial charge on any atom is -0.442 e. The normalized spacial score (nSPS) is 23.3. The van der Waals surface area contributed by atoms with Crippen molar-refractivity contribution in [2.24, 2.45) is 0 Å². The summed E-state index contributed by atoms with van der Waals surface area (Å²) in [4.78, 5) is 26.5. The van der Waals surface area contributed by atoms with E-state index in [0.29, 0.717) is 37.2 Å². The van der Waals surface area contributed by atoms with Gasteiger partial charge in [0.05, 0.1) is 18.3 Å². The van der Waals surface area contributed by atoms with E-state index in [9.17, 15) is 14.0 Å². The van der Waals surface area contributed by atoms with E-state index in [0.717, 1.165) is 11.1 Å². The zero-order valence-electron chi connectivity index (χ0n) is 14.9. The van der Waals surface area contributed by atoms with Crippen LogP contribution in [-0.2, 0) is 16.0 Å². The van der Waals surface area contributed by atoms with Crippen LogP contribution in [0.2, 0.25) is 0 Å². The van der Waals surface area contributed by atoms with Crippen molar-refractivity contribution >= 4 is 23.3 Å². The fraction of sp³-hybridized carbons (Fsp3) is 0.421. The molecule has 1 saturated heterocycles. The Balaban J connectivity index is 1.60. The van der Waals surface area contributed by atoms with Crippen LogP contribution in [-0.4, -0.2) is 48.7 Å². The molecule has 0 aromatic heterocycles. The van der Waals surface area contributed by atoms with Crippen molar-refractivity contribution in [2.75, 3.05) is 24.5 Å². The first-order valence-electron chi connectivity index (χ1n) is 8.88. The second-order valence-corrected chi connectivity index (χ2v) is 6.99. The van der Waals surface area contributed by atoms with Gasteiger partial charge in [-0.25, -0.2) is 9.18 Å². The number of nitriles is 1. The highest BCUT2D eigenvalue weighted by molar-refractivity contribution is 5.94. The number of halogens is 1. The lowest BCUT2D eigenvalue weighted by Gasteiger charge is -2.22. The molecule has 2 amide bonds. The molecule has 4 rings (SSSR count). The van der Waals surface area contributed by atoms with E-state index in [1.165, 1.54) is 17.9 Å². The maximum atomic E-state index is 14.8. The fourth-order valence-electron chi connectivity index (χ4n) is 3.96. The van der Waals surface area contributed by atoms with Gasteiger partial charge in [0.25, 0.3) is 0 Å². The Kier molecular flexibility index (Phi) is 4.22. The fourth-order valence-corrected chi connectivity index (χ4v) is 3.96. The van der Waals surface area contributed by atoms with Crippen LogP contribution in [0.15, 0.2) is 18.2 Å². The third kappa shape index (κ3) is 2.99. The molecule has 3 heterocycles. The number of fused-ring (bicyclic) bond motifs is 3. The maximum absolute atomic E-state index is 14.8. The summed E-state index contributed by atoms with van der Waals surface area (Å²) in [6.07, 6.45) is 4.15. The average Bonchev–Trinajstić information content (AvgIpc) is 3.16. The smallest absolute Gasteiger partial charge is 0.415 e. The first kappa shape index (κ1) is 17.3. The molecule has 1 aromatic carbocycles. The second kappa shape index (κ2) is 6.58. The van der Waals surface area contributed by atoms with Crippen molar-refractivity contribution < 1.29 is 18.7 Å². The molecule has 27 heavy (non-hydrogen) atoms. The van der Waals surface area contributed by atoms with Crippen LogP contribution < -0.4 is 10.2 Å². The van der Waals surface area contributed by atoms with Crippen LogP contribution in [0.5, 0.6) is 0 Å². The van der Waals surface area contributed by atoms with Gasteiger partial charge in [0.2, 0.25) is 5.91 Å². The Bertz CT molecular complexity index is 892. The number of nitrogens with one attached hydrogen (secondary N) is 1. The summed E-state index contributed by atoms with van der Waals surface area (Å²) in [7, 11) is 0. The molecule has 0 saturated carbocycles. The van der Waals surface area contributed by atoms with Gasteiger partial charge in [-0.05, 0) is 36.1 Å². The summed E-state index contributed by atoms with van der Waals surface area (Å²) >= 11 is 0. The number of carbonyl (C=O) groups is 2. The number of benzene rings is 1. The Morgan fingerprint density at radius 1 is 1.48 bits per heavy atom. The summed E-state index contributed by atoms with van der Waals surface area (Å²) in [5, 5.41) is 11.6. The van der Waals surface area contributed by atoms with Crippen LogP contribution in [0.1, 0.15) is 24.5 Å². The van der Waals surface area contributed by atoms with E-state index in [2.05, 4.69) is 11.5 Å². The first-order valence-corrected chi connectivity index (χ1v) is 8.88. The van der Waals surface area contributed by atoms with Gasteiger partial charge in [-0.3, -0.25) is 9.69 Å². The number of amides is 2. The molecule has 8 heteroatoms. The van der Waals surface area contributed by atoms with Gasteiger partial charge in [0, 0.05) is 25.6 Å². The molecule has 3 aliphatic heterocycles. The summed E-state index contributed by atoms with van der Waals surface area (Å²) in [6, 6.07) is 2.95. The van der Waals surface area contributed by atoms with Crippen molar-refractivity contribution in [3.63, 3.8) is 0 Å². The Morgan fingerprint density at radius 3 is 2.96 bits per heavy atom. The highest BCUT2D eigenvalue weighted by Gasteiger charge is 2.47. The number of anilines is 1. The number of hydrogen-bond acceptors (Lipinski definition) is 5. The van der Waals surface area contributed by atoms with Crippen molar-refractivity contribution in [2.45, 2.75) is 31.9 Å². The summed E-state index contributed by atoms with van der Waals surface area (Å²) in [5.74, 6) is -0.576. The van der Waals surface area contributed by atoms with E-state index in [4.69, 9.17) is 10.00 Å². The molecule has 140 valence electrons. The molecular weight excluding hydrogens is 351 g/mol. The SMILES string of the molecule is CC(=O)NCC1OC(=O)N2c3cc(F)c(C4=CCN(C#N)CC4)cc3C[C@@H]12. The number of cyclic esters (lactones) is 1. The molecule has 0 spiro atoms. The van der Waals surface area contributed by atoms with E-state index in [-0.39, 0.29) is 24.3 Å². The molecule has 1 aromatic rings. The summed E-state index contributed by atoms with van der Waals surface area (Å²) < 4.78 is 20.1. The molecule has 0 bridgehead atoms. The predicted octanol–water partition coefficient (Wildman–Crippen LogP) is 1.78. The van der Waals surface area contributed by atoms with Crippen LogP contribution in [0, 0.1) is 17.3 Å². The van der Waals surface area contributed by atoms with E-state index < -0.39 is 12.2 Å². The molecule has 0 aliphatic carbocycles. The lowest BCUT2D eigenvalue weighted by atomic mass is 9.95. The minimum absolute atomic E-state index is 0.191. The Hall–Kier alpha value is -3.08. The molecule has 3 aliphatic rings. The standard InChI is InChI=1S/C19H19FN4O3/c1-11(25)22-9-18-17-7-13-6-14(12-2-4-23(10-21)5-3-12)15(20)8-16(13)24(17)19(26)27-18/h2,6,8,17-18H,3-5,7,9H2,1H3,(H,22,25)/t17-,18?/m0/s1. The lowest BCUT2D eigenvalue weighted by Crippen LogP contribution is -2.40. The zero-order chi connectivity index (χ0) is 19.1. The molecule has 2 atom stereocenters. The zero-order valence-corrected chi connectivity index (χ0v) is 14.9. The number of rotatable bonds is 3. The third-order valence-corrected chi connectivity index (χ3v) is 5.32. The highest BCUT2D eigenvalue weighted by atomic mass is 19.1. The number of ether oxygens (including phenoxy) is 1. The van der Waals surface area contributed by atoms with E-state index in [1.54, 1.807) is 11.0 Å². The van der Waals surface area contributed by atoms with Crippen LogP contribution in [0.3, 0.4) is 0 Å². The quantitative estimate of drug-likeness (QED) is 0.820. The van der Waals surface area contributed by atoms with Crippen LogP contribution >= 0.6 is 0 Å².